The van der Waals surface area contributed by atoms with Crippen LogP contribution in [0.4, 0.5) is 18.0 Å². The Hall–Kier alpha value is -2.23. The Morgan fingerprint density at radius 3 is 2.61 bits per heavy atom. The summed E-state index contributed by atoms with van der Waals surface area (Å²) in [5.74, 6) is -3.23. The highest BCUT2D eigenvalue weighted by molar-refractivity contribution is 5.83. The number of alkyl halides is 3. The second-order valence-corrected chi connectivity index (χ2v) is 5.02. The highest BCUT2D eigenvalue weighted by Gasteiger charge is 2.67. The maximum absolute atomic E-state index is 13.3. The lowest BCUT2D eigenvalue weighted by Crippen LogP contribution is -2.73. The van der Waals surface area contributed by atoms with Crippen molar-refractivity contribution in [3.8, 4) is 0 Å². The first-order valence-electron chi connectivity index (χ1n) is 6.71. The molecule has 1 aliphatic rings. The zero-order chi connectivity index (χ0) is 17.4. The molecule has 2 amide bonds. The lowest BCUT2D eigenvalue weighted by molar-refractivity contribution is -0.294. The van der Waals surface area contributed by atoms with Crippen molar-refractivity contribution in [2.24, 2.45) is 5.92 Å². The van der Waals surface area contributed by atoms with Gasteiger partial charge in [0, 0.05) is 0 Å². The van der Waals surface area contributed by atoms with Crippen LogP contribution in [0.3, 0.4) is 0 Å². The third-order valence-electron chi connectivity index (χ3n) is 3.41. The zero-order valence-electron chi connectivity index (χ0n) is 12.2. The van der Waals surface area contributed by atoms with Gasteiger partial charge in [-0.1, -0.05) is 0 Å². The molecule has 0 radical (unpaired) electrons. The smallest absolute Gasteiger partial charge is 0.437 e. The van der Waals surface area contributed by atoms with Gasteiger partial charge < -0.3 is 24.9 Å². The van der Waals surface area contributed by atoms with Crippen molar-refractivity contribution < 1.29 is 37.0 Å². The molecule has 0 spiro atoms. The first kappa shape index (κ1) is 17.1. The molecule has 128 valence electrons. The van der Waals surface area contributed by atoms with Crippen molar-refractivity contribution in [3.63, 3.8) is 0 Å². The average molecular weight is 336 g/mol. The lowest BCUT2D eigenvalue weighted by Gasteiger charge is -2.43. The van der Waals surface area contributed by atoms with E-state index in [2.05, 4.69) is 10.1 Å². The molecule has 2 rings (SSSR count). The molecule has 0 saturated carbocycles. The van der Waals surface area contributed by atoms with E-state index >= 15 is 0 Å². The van der Waals surface area contributed by atoms with Gasteiger partial charge in [-0.15, -0.1) is 0 Å². The molecule has 10 heteroatoms. The number of carbonyl (C=O) groups excluding carboxylic acids is 2. The molecule has 0 aliphatic carbocycles. The largest absolute Gasteiger partial charge is 0.466 e. The van der Waals surface area contributed by atoms with Crippen molar-refractivity contribution >= 4 is 12.0 Å². The number of esters is 1. The number of nitrogens with one attached hydrogen (secondary N) is 2. The van der Waals surface area contributed by atoms with E-state index in [9.17, 15) is 27.9 Å². The van der Waals surface area contributed by atoms with Crippen molar-refractivity contribution in [1.29, 1.82) is 0 Å². The predicted octanol–water partition coefficient (Wildman–Crippen LogP) is 1.37. The Labute approximate surface area is 128 Å². The number of furan rings is 1. The summed E-state index contributed by atoms with van der Waals surface area (Å²) in [7, 11) is 0. The molecule has 2 heterocycles. The van der Waals surface area contributed by atoms with Crippen LogP contribution >= 0.6 is 0 Å². The van der Waals surface area contributed by atoms with Gasteiger partial charge in [-0.05, 0) is 26.0 Å². The van der Waals surface area contributed by atoms with Crippen molar-refractivity contribution in [3.05, 3.63) is 23.7 Å². The summed E-state index contributed by atoms with van der Waals surface area (Å²) < 4.78 is 49.8. The highest BCUT2D eigenvalue weighted by atomic mass is 19.4. The molecule has 1 aromatic heterocycles. The summed E-state index contributed by atoms with van der Waals surface area (Å²) in [4.78, 5) is 23.6. The van der Waals surface area contributed by atoms with Crippen LogP contribution < -0.4 is 10.6 Å². The van der Waals surface area contributed by atoms with Crippen molar-refractivity contribution in [2.75, 3.05) is 6.61 Å². The number of ether oxygens (including phenoxy) is 1. The van der Waals surface area contributed by atoms with Crippen LogP contribution in [0.15, 0.2) is 16.5 Å². The topological polar surface area (TPSA) is 101 Å². The Bertz CT molecular complexity index is 615. The molecule has 1 fully saturated rings. The number of amides is 2. The van der Waals surface area contributed by atoms with Crippen LogP contribution in [-0.2, 0) is 9.53 Å². The van der Waals surface area contributed by atoms with Crippen LogP contribution in [0.1, 0.15) is 24.5 Å². The molecular formula is C13H15F3N2O5. The Kier molecular flexibility index (Phi) is 4.29. The van der Waals surface area contributed by atoms with Gasteiger partial charge in [-0.2, -0.15) is 13.2 Å². The fourth-order valence-corrected chi connectivity index (χ4v) is 2.39. The van der Waals surface area contributed by atoms with Crippen LogP contribution in [0, 0.1) is 12.8 Å². The molecule has 7 nitrogen and oxygen atoms in total. The van der Waals surface area contributed by atoms with Gasteiger partial charge in [0.15, 0.2) is 0 Å². The Balaban J connectivity index is 2.53. The number of halogens is 3. The minimum absolute atomic E-state index is 0.0990. The van der Waals surface area contributed by atoms with E-state index in [0.29, 0.717) is 5.76 Å². The summed E-state index contributed by atoms with van der Waals surface area (Å²) in [6.07, 6.45) is -5.30. The van der Waals surface area contributed by atoms with Gasteiger partial charge >= 0.3 is 18.2 Å². The molecule has 3 atom stereocenters. The monoisotopic (exact) mass is 336 g/mol. The van der Waals surface area contributed by atoms with Crippen LogP contribution in [-0.4, -0.2) is 35.6 Å². The summed E-state index contributed by atoms with van der Waals surface area (Å²) in [5, 5.41) is 13.6. The molecule has 23 heavy (non-hydrogen) atoms. The third kappa shape index (κ3) is 2.98. The maximum atomic E-state index is 13.3. The average Bonchev–Trinajstić information content (AvgIpc) is 2.83. The Morgan fingerprint density at radius 1 is 1.48 bits per heavy atom. The molecule has 0 bridgehead atoms. The van der Waals surface area contributed by atoms with Gasteiger partial charge in [0.05, 0.1) is 6.61 Å². The normalized spacial score (nSPS) is 28.0. The van der Waals surface area contributed by atoms with E-state index in [1.807, 2.05) is 0 Å². The van der Waals surface area contributed by atoms with Crippen molar-refractivity contribution in [1.82, 2.24) is 10.6 Å². The standard InChI is InChI=1S/C13H15F3N2O5/c1-3-22-10(19)8-9(7-5-4-6(2)23-7)17-11(20)18-12(8,21)13(14,15)16/h4-5,8-9,21H,3H2,1-2H3,(H2,17,18,20)/t8-,9+,12-/m0/s1. The second kappa shape index (κ2) is 5.76. The minimum Gasteiger partial charge on any atom is -0.466 e. The summed E-state index contributed by atoms with van der Waals surface area (Å²) in [5.41, 5.74) is -3.78. The first-order chi connectivity index (χ1) is 10.6. The Morgan fingerprint density at radius 2 is 2.13 bits per heavy atom. The molecule has 1 aliphatic heterocycles. The molecule has 0 aromatic carbocycles. The molecule has 3 N–H and O–H groups in total. The summed E-state index contributed by atoms with van der Waals surface area (Å²) >= 11 is 0. The van der Waals surface area contributed by atoms with Crippen molar-refractivity contribution in [2.45, 2.75) is 31.8 Å². The number of hydrogen-bond acceptors (Lipinski definition) is 5. The van der Waals surface area contributed by atoms with E-state index < -0.39 is 35.9 Å². The van der Waals surface area contributed by atoms with Gasteiger partial charge in [0.2, 0.25) is 0 Å². The number of hydrogen-bond donors (Lipinski definition) is 3. The lowest BCUT2D eigenvalue weighted by atomic mass is 9.84. The highest BCUT2D eigenvalue weighted by Crippen LogP contribution is 2.43. The van der Waals surface area contributed by atoms with Gasteiger partial charge in [0.1, 0.15) is 23.5 Å². The van der Waals surface area contributed by atoms with Gasteiger partial charge in [-0.25, -0.2) is 4.79 Å². The number of urea groups is 1. The van der Waals surface area contributed by atoms with Crippen LogP contribution in [0.5, 0.6) is 0 Å². The number of carbonyl (C=O) groups is 2. The molecule has 1 saturated heterocycles. The van der Waals surface area contributed by atoms with Crippen LogP contribution in [0.25, 0.3) is 0 Å². The first-order valence-corrected chi connectivity index (χ1v) is 6.71. The van der Waals surface area contributed by atoms with Gasteiger partial charge in [0.25, 0.3) is 5.72 Å². The molecule has 0 unspecified atom stereocenters. The number of aryl methyl sites for hydroxylation is 1. The number of rotatable bonds is 3. The SMILES string of the molecule is CCOC(=O)[C@@H]1[C@@H](c2ccc(C)o2)NC(=O)N[C@@]1(O)C(F)(F)F. The fraction of sp³-hybridized carbons (Fsp3) is 0.538. The fourth-order valence-electron chi connectivity index (χ4n) is 2.39. The maximum Gasteiger partial charge on any atom is 0.437 e. The molecule has 1 aromatic rings. The zero-order valence-corrected chi connectivity index (χ0v) is 12.2. The third-order valence-corrected chi connectivity index (χ3v) is 3.41. The van der Waals surface area contributed by atoms with E-state index in [4.69, 9.17) is 4.42 Å². The summed E-state index contributed by atoms with van der Waals surface area (Å²) in [6, 6.07) is -0.0555. The van der Waals surface area contributed by atoms with Gasteiger partial charge in [-0.3, -0.25) is 4.79 Å². The predicted molar refractivity (Wildman–Crippen MR) is 69.0 cm³/mol. The van der Waals surface area contributed by atoms with E-state index in [1.165, 1.54) is 24.4 Å². The van der Waals surface area contributed by atoms with E-state index in [1.54, 1.807) is 6.92 Å². The minimum atomic E-state index is -5.30. The quantitative estimate of drug-likeness (QED) is 0.724. The van der Waals surface area contributed by atoms with Crippen LogP contribution in [0.2, 0.25) is 0 Å². The summed E-state index contributed by atoms with van der Waals surface area (Å²) in [6.45, 7) is 2.76. The second-order valence-electron chi connectivity index (χ2n) is 5.02. The van der Waals surface area contributed by atoms with E-state index in [0.717, 1.165) is 0 Å². The number of aliphatic hydroxyl groups is 1. The molecular weight excluding hydrogens is 321 g/mol. The van der Waals surface area contributed by atoms with E-state index in [-0.39, 0.29) is 12.4 Å².